The predicted molar refractivity (Wildman–Crippen MR) is 96.8 cm³/mol. The van der Waals surface area contributed by atoms with E-state index >= 15 is 0 Å². The lowest BCUT2D eigenvalue weighted by Gasteiger charge is -1.99. The molecule has 0 aliphatic rings. The molecule has 0 spiro atoms. The Morgan fingerprint density at radius 2 is 2.33 bits per heavy atom. The van der Waals surface area contributed by atoms with Crippen LogP contribution >= 0.6 is 23.3 Å². The van der Waals surface area contributed by atoms with Gasteiger partial charge in [-0.3, -0.25) is 10.1 Å². The number of amides is 1. The van der Waals surface area contributed by atoms with Crippen molar-refractivity contribution in [3.63, 3.8) is 0 Å². The summed E-state index contributed by atoms with van der Waals surface area (Å²) in [5.41, 5.74) is 1.75. The summed E-state index contributed by atoms with van der Waals surface area (Å²) in [5.74, 6) is 0.362. The second-order valence-electron chi connectivity index (χ2n) is 4.73. The summed E-state index contributed by atoms with van der Waals surface area (Å²) in [6.45, 7) is 2.00. The quantitative estimate of drug-likeness (QED) is 0.414. The number of hydrogen-bond donors (Lipinski definition) is 2. The van der Waals surface area contributed by atoms with Gasteiger partial charge in [0, 0.05) is 34.2 Å². The molecule has 3 rings (SSSR count). The number of nitrogens with one attached hydrogen (secondary N) is 2. The van der Waals surface area contributed by atoms with Crippen molar-refractivity contribution >= 4 is 51.3 Å². The number of carbonyl (C=O) groups excluding carboxylic acids is 1. The molecule has 120 valence electrons. The fraction of sp³-hybridized carbons (Fsp3) is 0.125. The van der Waals surface area contributed by atoms with E-state index in [-0.39, 0.29) is 5.57 Å². The highest BCUT2D eigenvalue weighted by Crippen LogP contribution is 2.22. The molecule has 8 heteroatoms. The molecule has 1 amide bonds. The molecule has 0 atom stereocenters. The maximum absolute atomic E-state index is 12.3. The third-order valence-electron chi connectivity index (χ3n) is 3.19. The average Bonchev–Trinajstić information content (AvgIpc) is 3.20. The van der Waals surface area contributed by atoms with Gasteiger partial charge >= 0.3 is 0 Å². The lowest BCUT2D eigenvalue weighted by Crippen LogP contribution is -2.13. The number of hydrogen-bond acceptors (Lipinski definition) is 6. The topological polar surface area (TPSA) is 94.5 Å². The molecular formula is C16H13N5OS2. The van der Waals surface area contributed by atoms with Gasteiger partial charge in [0.25, 0.3) is 5.91 Å². The molecule has 0 unspecified atom stereocenters. The highest BCUT2D eigenvalue weighted by molar-refractivity contribution is 7.99. The molecule has 3 aromatic rings. The first kappa shape index (κ1) is 16.2. The fourth-order valence-corrected chi connectivity index (χ4v) is 3.40. The Bertz CT molecular complexity index is 951. The first-order chi connectivity index (χ1) is 11.7. The number of aromatic nitrogens is 3. The highest BCUT2D eigenvalue weighted by atomic mass is 32.2. The molecule has 24 heavy (non-hydrogen) atoms. The standard InChI is InChI=1S/C16H13N5OS2/c1-2-23-16-20-15(24-21-16)19-14(22)10(8-17)7-11-9-18-13-6-4-3-5-12(11)13/h3-7,9,18H,2H2,1H3,(H,19,20,21,22)/b10-7-. The molecule has 0 saturated carbocycles. The van der Waals surface area contributed by atoms with Crippen LogP contribution in [-0.2, 0) is 4.79 Å². The van der Waals surface area contributed by atoms with Gasteiger partial charge in [-0.05, 0) is 17.9 Å². The Kier molecular flexibility index (Phi) is 4.93. The van der Waals surface area contributed by atoms with Crippen LogP contribution in [0.25, 0.3) is 17.0 Å². The van der Waals surface area contributed by atoms with Crippen LogP contribution < -0.4 is 5.32 Å². The number of H-pyrrole nitrogens is 1. The van der Waals surface area contributed by atoms with Crippen LogP contribution in [0.3, 0.4) is 0 Å². The van der Waals surface area contributed by atoms with E-state index in [0.29, 0.717) is 10.3 Å². The smallest absolute Gasteiger partial charge is 0.268 e. The number of fused-ring (bicyclic) bond motifs is 1. The first-order valence-electron chi connectivity index (χ1n) is 7.17. The lowest BCUT2D eigenvalue weighted by atomic mass is 10.1. The second kappa shape index (κ2) is 7.29. The largest absolute Gasteiger partial charge is 0.361 e. The van der Waals surface area contributed by atoms with Crippen LogP contribution in [0.1, 0.15) is 12.5 Å². The summed E-state index contributed by atoms with van der Waals surface area (Å²) in [7, 11) is 0. The summed E-state index contributed by atoms with van der Waals surface area (Å²) in [4.78, 5) is 19.6. The highest BCUT2D eigenvalue weighted by Gasteiger charge is 2.13. The van der Waals surface area contributed by atoms with Crippen LogP contribution in [-0.4, -0.2) is 26.0 Å². The Morgan fingerprint density at radius 1 is 1.50 bits per heavy atom. The maximum Gasteiger partial charge on any atom is 0.268 e. The van der Waals surface area contributed by atoms with E-state index in [4.69, 9.17) is 0 Å². The molecule has 2 N–H and O–H groups in total. The van der Waals surface area contributed by atoms with Crippen molar-refractivity contribution in [1.29, 1.82) is 5.26 Å². The number of carbonyl (C=O) groups is 1. The monoisotopic (exact) mass is 355 g/mol. The van der Waals surface area contributed by atoms with Crippen molar-refractivity contribution in [3.8, 4) is 6.07 Å². The Labute approximate surface area is 146 Å². The van der Waals surface area contributed by atoms with Gasteiger partial charge in [0.1, 0.15) is 11.6 Å². The SMILES string of the molecule is CCSc1nsc(NC(=O)/C(C#N)=C\c2c[nH]c3ccccc23)n1. The molecule has 0 bridgehead atoms. The summed E-state index contributed by atoms with van der Waals surface area (Å²) in [6, 6.07) is 9.65. The molecule has 1 aromatic carbocycles. The maximum atomic E-state index is 12.3. The average molecular weight is 355 g/mol. The van der Waals surface area contributed by atoms with E-state index in [1.807, 2.05) is 37.3 Å². The number of para-hydroxylation sites is 1. The number of nitrogens with zero attached hydrogens (tertiary/aromatic N) is 3. The van der Waals surface area contributed by atoms with Gasteiger partial charge in [-0.25, -0.2) is 0 Å². The number of aromatic amines is 1. The van der Waals surface area contributed by atoms with Gasteiger partial charge in [-0.2, -0.15) is 14.6 Å². The summed E-state index contributed by atoms with van der Waals surface area (Å²) < 4.78 is 4.13. The normalized spacial score (nSPS) is 11.4. The minimum absolute atomic E-state index is 0.0136. The molecule has 0 aliphatic heterocycles. The predicted octanol–water partition coefficient (Wildman–Crippen LogP) is 3.68. The van der Waals surface area contributed by atoms with E-state index in [0.717, 1.165) is 33.8 Å². The number of benzene rings is 1. The Morgan fingerprint density at radius 3 is 3.12 bits per heavy atom. The zero-order valence-electron chi connectivity index (χ0n) is 12.7. The molecule has 0 saturated heterocycles. The van der Waals surface area contributed by atoms with Gasteiger partial charge in [-0.1, -0.05) is 36.9 Å². The third-order valence-corrected chi connectivity index (χ3v) is 4.66. The van der Waals surface area contributed by atoms with E-state index in [1.54, 1.807) is 12.3 Å². The zero-order chi connectivity index (χ0) is 16.9. The van der Waals surface area contributed by atoms with E-state index in [1.165, 1.54) is 11.8 Å². The van der Waals surface area contributed by atoms with Gasteiger partial charge in [-0.15, -0.1) is 0 Å². The van der Waals surface area contributed by atoms with Crippen molar-refractivity contribution < 1.29 is 4.79 Å². The molecule has 2 heterocycles. The molecular weight excluding hydrogens is 342 g/mol. The Hall–Kier alpha value is -2.63. The lowest BCUT2D eigenvalue weighted by molar-refractivity contribution is -0.112. The molecule has 6 nitrogen and oxygen atoms in total. The van der Waals surface area contributed by atoms with Gasteiger partial charge in [0.2, 0.25) is 10.3 Å². The number of nitriles is 1. The van der Waals surface area contributed by atoms with Crippen molar-refractivity contribution in [2.24, 2.45) is 0 Å². The number of anilines is 1. The van der Waals surface area contributed by atoms with E-state index < -0.39 is 5.91 Å². The van der Waals surface area contributed by atoms with E-state index in [2.05, 4.69) is 19.7 Å². The molecule has 2 aromatic heterocycles. The van der Waals surface area contributed by atoms with Crippen LogP contribution in [0.15, 0.2) is 41.2 Å². The van der Waals surface area contributed by atoms with Crippen molar-refractivity contribution in [2.75, 3.05) is 11.1 Å². The van der Waals surface area contributed by atoms with Crippen LogP contribution in [0.2, 0.25) is 0 Å². The summed E-state index contributed by atoms with van der Waals surface area (Å²) in [5, 5.41) is 13.9. The van der Waals surface area contributed by atoms with Crippen LogP contribution in [0.4, 0.5) is 5.13 Å². The van der Waals surface area contributed by atoms with Gasteiger partial charge in [0.15, 0.2) is 0 Å². The number of thioether (sulfide) groups is 1. The summed E-state index contributed by atoms with van der Waals surface area (Å²) >= 11 is 2.60. The van der Waals surface area contributed by atoms with Crippen molar-refractivity contribution in [1.82, 2.24) is 14.3 Å². The van der Waals surface area contributed by atoms with Gasteiger partial charge in [0.05, 0.1) is 0 Å². The molecule has 0 fully saturated rings. The fourth-order valence-electron chi connectivity index (χ4n) is 2.13. The minimum Gasteiger partial charge on any atom is -0.361 e. The van der Waals surface area contributed by atoms with Gasteiger partial charge < -0.3 is 4.98 Å². The third kappa shape index (κ3) is 3.48. The zero-order valence-corrected chi connectivity index (χ0v) is 14.4. The minimum atomic E-state index is -0.494. The molecule has 0 radical (unpaired) electrons. The summed E-state index contributed by atoms with van der Waals surface area (Å²) in [6.07, 6.45) is 3.34. The van der Waals surface area contributed by atoms with Crippen molar-refractivity contribution in [2.45, 2.75) is 12.1 Å². The Balaban J connectivity index is 1.82. The van der Waals surface area contributed by atoms with E-state index in [9.17, 15) is 10.1 Å². The second-order valence-corrected chi connectivity index (χ2v) is 6.71. The van der Waals surface area contributed by atoms with Crippen LogP contribution in [0.5, 0.6) is 0 Å². The van der Waals surface area contributed by atoms with Crippen LogP contribution in [0, 0.1) is 11.3 Å². The number of rotatable bonds is 5. The molecule has 0 aliphatic carbocycles. The van der Waals surface area contributed by atoms with Crippen molar-refractivity contribution in [3.05, 3.63) is 41.6 Å². The first-order valence-corrected chi connectivity index (χ1v) is 8.93.